The zero-order valence-electron chi connectivity index (χ0n) is 6.40. The average Bonchev–Trinajstić information content (AvgIpc) is 1.65. The quantitative estimate of drug-likeness (QED) is 0.389. The Morgan fingerprint density at radius 3 is 1.44 bits per heavy atom. The van der Waals surface area contributed by atoms with Crippen LogP contribution in [-0.4, -0.2) is 5.78 Å². The van der Waals surface area contributed by atoms with E-state index in [1.54, 1.807) is 0 Å². The second kappa shape index (κ2) is 7.15. The monoisotopic (exact) mass is 126 g/mol. The van der Waals surface area contributed by atoms with Gasteiger partial charge in [0.25, 0.3) is 0 Å². The number of allylic oxidation sites excluding steroid dienone is 2. The maximum absolute atomic E-state index is 9.69. The van der Waals surface area contributed by atoms with Crippen LogP contribution in [0.25, 0.3) is 0 Å². The van der Waals surface area contributed by atoms with Crippen molar-refractivity contribution in [3.05, 3.63) is 24.8 Å². The molecule has 0 atom stereocenters. The number of ketones is 1. The molecule has 0 aliphatic carbocycles. The molecule has 0 unspecified atom stereocenters. The summed E-state index contributed by atoms with van der Waals surface area (Å²) in [5.74, 6) is 0.0185. The maximum atomic E-state index is 9.69. The van der Waals surface area contributed by atoms with E-state index in [0.717, 1.165) is 0 Å². The van der Waals surface area contributed by atoms with Gasteiger partial charge < -0.3 is 0 Å². The first-order chi connectivity index (χ1) is 4.00. The van der Waals surface area contributed by atoms with Gasteiger partial charge >= 0.3 is 0 Å². The first-order valence-electron chi connectivity index (χ1n) is 2.75. The van der Waals surface area contributed by atoms with Crippen molar-refractivity contribution in [2.24, 2.45) is 0 Å². The lowest BCUT2D eigenvalue weighted by Crippen LogP contribution is -1.74. The Hall–Kier alpha value is -0.850. The molecule has 0 aromatic carbocycles. The van der Waals surface area contributed by atoms with E-state index in [1.807, 2.05) is 13.8 Å². The lowest BCUT2D eigenvalue weighted by atomic mass is 10.4. The fraction of sp³-hybridized carbons (Fsp3) is 0.375. The smallest absolute Gasteiger partial charge is 0.152 e. The highest BCUT2D eigenvalue weighted by molar-refractivity contribution is 5.86. The van der Waals surface area contributed by atoms with E-state index in [1.165, 1.54) is 18.6 Å². The second-order valence-corrected chi connectivity index (χ2v) is 2.02. The molecule has 0 aliphatic rings. The Morgan fingerprint density at radius 2 is 1.44 bits per heavy atom. The van der Waals surface area contributed by atoms with Gasteiger partial charge in [-0.25, -0.2) is 0 Å². The van der Waals surface area contributed by atoms with Gasteiger partial charge in [-0.05, 0) is 26.8 Å². The van der Waals surface area contributed by atoms with Crippen molar-refractivity contribution in [3.8, 4) is 0 Å². The molecule has 0 aromatic heterocycles. The molecule has 0 saturated heterocycles. The zero-order valence-corrected chi connectivity index (χ0v) is 6.40. The molecule has 0 N–H and O–H groups in total. The van der Waals surface area contributed by atoms with Crippen LogP contribution in [0, 0.1) is 0 Å². The first-order valence-corrected chi connectivity index (χ1v) is 2.75. The van der Waals surface area contributed by atoms with Crippen LogP contribution in [0.15, 0.2) is 24.8 Å². The SMILES string of the molecule is C=C(C)C.C=CC(C)=O. The first kappa shape index (κ1) is 11.0. The minimum absolute atomic E-state index is 0.0185. The van der Waals surface area contributed by atoms with E-state index >= 15 is 0 Å². The standard InChI is InChI=1S/C4H6O.C4H8/c1-3-4(2)5;1-4(2)3/h3H,1H2,2H3;1H2,2-3H3. The summed E-state index contributed by atoms with van der Waals surface area (Å²) in [6.45, 7) is 12.2. The van der Waals surface area contributed by atoms with Gasteiger partial charge in [-0.15, -0.1) is 6.58 Å². The maximum Gasteiger partial charge on any atom is 0.152 e. The van der Waals surface area contributed by atoms with E-state index in [2.05, 4.69) is 13.2 Å². The molecule has 0 saturated carbocycles. The Labute approximate surface area is 57.1 Å². The molecule has 0 radical (unpaired) electrons. The van der Waals surface area contributed by atoms with Crippen molar-refractivity contribution in [1.29, 1.82) is 0 Å². The van der Waals surface area contributed by atoms with Gasteiger partial charge in [0.1, 0.15) is 0 Å². The topological polar surface area (TPSA) is 17.1 Å². The van der Waals surface area contributed by atoms with E-state index in [0.29, 0.717) is 0 Å². The predicted octanol–water partition coefficient (Wildman–Crippen LogP) is 2.34. The fourth-order valence-corrected chi connectivity index (χ4v) is 0. The van der Waals surface area contributed by atoms with Gasteiger partial charge in [0.05, 0.1) is 0 Å². The summed E-state index contributed by atoms with van der Waals surface area (Å²) in [5.41, 5.74) is 1.17. The molecule has 0 heterocycles. The van der Waals surface area contributed by atoms with Crippen LogP contribution in [0.3, 0.4) is 0 Å². The van der Waals surface area contributed by atoms with Crippen molar-refractivity contribution in [1.82, 2.24) is 0 Å². The van der Waals surface area contributed by atoms with E-state index < -0.39 is 0 Å². The van der Waals surface area contributed by atoms with E-state index in [9.17, 15) is 4.79 Å². The van der Waals surface area contributed by atoms with E-state index in [-0.39, 0.29) is 5.78 Å². The van der Waals surface area contributed by atoms with Gasteiger partial charge in [0.2, 0.25) is 0 Å². The summed E-state index contributed by atoms with van der Waals surface area (Å²) in [7, 11) is 0. The third kappa shape index (κ3) is 143. The van der Waals surface area contributed by atoms with Crippen LogP contribution >= 0.6 is 0 Å². The summed E-state index contributed by atoms with van der Waals surface area (Å²) in [6.07, 6.45) is 1.28. The molecule has 0 aliphatic heterocycles. The molecule has 0 fully saturated rings. The van der Waals surface area contributed by atoms with Crippen molar-refractivity contribution in [3.63, 3.8) is 0 Å². The zero-order chi connectivity index (χ0) is 7.86. The summed E-state index contributed by atoms with van der Waals surface area (Å²) < 4.78 is 0. The van der Waals surface area contributed by atoms with Gasteiger partial charge in [0, 0.05) is 0 Å². The van der Waals surface area contributed by atoms with Crippen LogP contribution in [-0.2, 0) is 4.79 Å². The number of hydrogen-bond acceptors (Lipinski definition) is 1. The highest BCUT2D eigenvalue weighted by Gasteiger charge is 1.69. The Balaban J connectivity index is 0. The normalized spacial score (nSPS) is 6.56. The van der Waals surface area contributed by atoms with Crippen LogP contribution in [0.5, 0.6) is 0 Å². The minimum Gasteiger partial charge on any atom is -0.295 e. The molecule has 1 heteroatoms. The summed E-state index contributed by atoms with van der Waals surface area (Å²) in [4.78, 5) is 9.69. The molecule has 0 spiro atoms. The van der Waals surface area contributed by atoms with Crippen LogP contribution in [0.2, 0.25) is 0 Å². The largest absolute Gasteiger partial charge is 0.295 e. The van der Waals surface area contributed by atoms with Crippen LogP contribution in [0.4, 0.5) is 0 Å². The van der Waals surface area contributed by atoms with E-state index in [4.69, 9.17) is 0 Å². The molecule has 0 aromatic rings. The summed E-state index contributed by atoms with van der Waals surface area (Å²) >= 11 is 0. The summed E-state index contributed by atoms with van der Waals surface area (Å²) in [6, 6.07) is 0. The fourth-order valence-electron chi connectivity index (χ4n) is 0. The molecule has 9 heavy (non-hydrogen) atoms. The Kier molecular flexibility index (Phi) is 8.75. The highest BCUT2D eigenvalue weighted by atomic mass is 16.1. The molecular formula is C8H14O. The second-order valence-electron chi connectivity index (χ2n) is 2.02. The molecule has 0 amide bonds. The molecule has 0 rings (SSSR count). The predicted molar refractivity (Wildman–Crippen MR) is 41.4 cm³/mol. The molecule has 52 valence electrons. The van der Waals surface area contributed by atoms with Crippen molar-refractivity contribution in [2.45, 2.75) is 20.8 Å². The van der Waals surface area contributed by atoms with Gasteiger partial charge in [-0.1, -0.05) is 12.2 Å². The number of carbonyl (C=O) groups is 1. The lowest BCUT2D eigenvalue weighted by molar-refractivity contribution is -0.112. The molecule has 0 bridgehead atoms. The van der Waals surface area contributed by atoms with Crippen molar-refractivity contribution >= 4 is 5.78 Å². The van der Waals surface area contributed by atoms with Crippen molar-refractivity contribution in [2.75, 3.05) is 0 Å². The lowest BCUT2D eigenvalue weighted by Gasteiger charge is -1.65. The Bertz CT molecular complexity index is 108. The van der Waals surface area contributed by atoms with Crippen LogP contribution < -0.4 is 0 Å². The third-order valence-electron chi connectivity index (χ3n) is 0.287. The van der Waals surface area contributed by atoms with Crippen LogP contribution in [0.1, 0.15) is 20.8 Å². The van der Waals surface area contributed by atoms with Gasteiger partial charge in [-0.2, -0.15) is 0 Å². The average molecular weight is 126 g/mol. The molecule has 1 nitrogen and oxygen atoms in total. The number of hydrogen-bond donors (Lipinski definition) is 0. The number of rotatable bonds is 1. The number of carbonyl (C=O) groups excluding carboxylic acids is 1. The third-order valence-corrected chi connectivity index (χ3v) is 0.287. The van der Waals surface area contributed by atoms with Crippen molar-refractivity contribution < 1.29 is 4.79 Å². The highest BCUT2D eigenvalue weighted by Crippen LogP contribution is 1.73. The van der Waals surface area contributed by atoms with Gasteiger partial charge in [-0.3, -0.25) is 4.79 Å². The van der Waals surface area contributed by atoms with Gasteiger partial charge in [0.15, 0.2) is 5.78 Å². The Morgan fingerprint density at radius 1 is 1.33 bits per heavy atom. The summed E-state index contributed by atoms with van der Waals surface area (Å²) in [5, 5.41) is 0. The minimum atomic E-state index is 0.0185. The molecular weight excluding hydrogens is 112 g/mol.